The van der Waals surface area contributed by atoms with Crippen LogP contribution in [0.3, 0.4) is 0 Å². The highest BCUT2D eigenvalue weighted by atomic mass is 16.2. The molecule has 5 nitrogen and oxygen atoms in total. The Labute approximate surface area is 130 Å². The Bertz CT molecular complexity index is 575. The van der Waals surface area contributed by atoms with E-state index >= 15 is 0 Å². The molecule has 2 saturated carbocycles. The first-order valence-corrected chi connectivity index (χ1v) is 8.11. The summed E-state index contributed by atoms with van der Waals surface area (Å²) in [6, 6.07) is 5.87. The van der Waals surface area contributed by atoms with Crippen LogP contribution < -0.4 is 16.0 Å². The Hall–Kier alpha value is -2.04. The van der Waals surface area contributed by atoms with Crippen molar-refractivity contribution in [3.05, 3.63) is 29.3 Å². The van der Waals surface area contributed by atoms with Crippen LogP contribution in [0.25, 0.3) is 0 Å². The molecule has 0 unspecified atom stereocenters. The zero-order valence-corrected chi connectivity index (χ0v) is 12.9. The molecule has 2 aliphatic rings. The van der Waals surface area contributed by atoms with Gasteiger partial charge in [-0.05, 0) is 56.4 Å². The van der Waals surface area contributed by atoms with Gasteiger partial charge in [0.2, 0.25) is 0 Å². The van der Waals surface area contributed by atoms with Crippen LogP contribution in [0.5, 0.6) is 0 Å². The first kappa shape index (κ1) is 14.9. The lowest BCUT2D eigenvalue weighted by Gasteiger charge is -2.14. The first-order valence-electron chi connectivity index (χ1n) is 8.11. The van der Waals surface area contributed by atoms with Gasteiger partial charge in [-0.1, -0.05) is 12.8 Å². The Morgan fingerprint density at radius 2 is 1.68 bits per heavy atom. The van der Waals surface area contributed by atoms with Crippen LogP contribution in [0, 0.1) is 6.92 Å². The van der Waals surface area contributed by atoms with Crippen molar-refractivity contribution in [3.8, 4) is 0 Å². The predicted molar refractivity (Wildman–Crippen MR) is 86.1 cm³/mol. The van der Waals surface area contributed by atoms with Gasteiger partial charge in [0, 0.05) is 23.3 Å². The van der Waals surface area contributed by atoms with Crippen LogP contribution in [0.1, 0.15) is 54.4 Å². The standard InChI is InChI=1S/C17H23N3O2/c1-11-10-12(16(21)18-13-4-2-3-5-13)6-9-15(11)20-17(22)19-14-7-8-14/h6,9-10,13-14H,2-5,7-8H2,1H3,(H,18,21)(H2,19,20,22). The SMILES string of the molecule is Cc1cc(C(=O)NC2CCCC2)ccc1NC(=O)NC1CC1. The molecule has 1 aromatic carbocycles. The fourth-order valence-electron chi connectivity index (χ4n) is 2.86. The summed E-state index contributed by atoms with van der Waals surface area (Å²) in [6.45, 7) is 1.90. The summed E-state index contributed by atoms with van der Waals surface area (Å²) < 4.78 is 0. The number of hydrogen-bond acceptors (Lipinski definition) is 2. The predicted octanol–water partition coefficient (Wildman–Crippen LogP) is 2.95. The quantitative estimate of drug-likeness (QED) is 0.800. The number of hydrogen-bond donors (Lipinski definition) is 3. The highest BCUT2D eigenvalue weighted by Gasteiger charge is 2.23. The van der Waals surface area contributed by atoms with Crippen molar-refractivity contribution >= 4 is 17.6 Å². The molecule has 3 N–H and O–H groups in total. The molecule has 0 spiro atoms. The van der Waals surface area contributed by atoms with Crippen molar-refractivity contribution in [2.75, 3.05) is 5.32 Å². The molecule has 0 radical (unpaired) electrons. The van der Waals surface area contributed by atoms with Gasteiger partial charge in [-0.15, -0.1) is 0 Å². The van der Waals surface area contributed by atoms with E-state index in [0.717, 1.165) is 36.9 Å². The lowest BCUT2D eigenvalue weighted by atomic mass is 10.1. The maximum Gasteiger partial charge on any atom is 0.319 e. The third kappa shape index (κ3) is 3.78. The second kappa shape index (κ2) is 6.38. The molecule has 2 fully saturated rings. The van der Waals surface area contributed by atoms with Gasteiger partial charge in [-0.3, -0.25) is 4.79 Å². The molecule has 0 aromatic heterocycles. The molecule has 5 heteroatoms. The van der Waals surface area contributed by atoms with E-state index < -0.39 is 0 Å². The minimum absolute atomic E-state index is 0.0241. The van der Waals surface area contributed by atoms with Crippen LogP contribution >= 0.6 is 0 Å². The number of rotatable bonds is 4. The number of benzene rings is 1. The van der Waals surface area contributed by atoms with Gasteiger partial charge in [0.15, 0.2) is 0 Å². The molecular weight excluding hydrogens is 278 g/mol. The molecule has 3 amide bonds. The van der Waals surface area contributed by atoms with Crippen molar-refractivity contribution in [1.82, 2.24) is 10.6 Å². The van der Waals surface area contributed by atoms with Crippen LogP contribution in [-0.4, -0.2) is 24.0 Å². The van der Waals surface area contributed by atoms with Gasteiger partial charge in [-0.25, -0.2) is 4.79 Å². The second-order valence-electron chi connectivity index (χ2n) is 6.36. The molecule has 2 aliphatic carbocycles. The smallest absolute Gasteiger partial charge is 0.319 e. The van der Waals surface area contributed by atoms with Crippen molar-refractivity contribution < 1.29 is 9.59 Å². The largest absolute Gasteiger partial charge is 0.349 e. The Morgan fingerprint density at radius 1 is 1.00 bits per heavy atom. The monoisotopic (exact) mass is 301 g/mol. The van der Waals surface area contributed by atoms with Crippen LogP contribution in [0.2, 0.25) is 0 Å². The molecule has 1 aromatic rings. The van der Waals surface area contributed by atoms with Crippen molar-refractivity contribution in [1.29, 1.82) is 0 Å². The average molecular weight is 301 g/mol. The highest BCUT2D eigenvalue weighted by molar-refractivity contribution is 5.96. The summed E-state index contributed by atoms with van der Waals surface area (Å²) in [5, 5.41) is 8.80. The third-order valence-corrected chi connectivity index (χ3v) is 4.34. The fraction of sp³-hybridized carbons (Fsp3) is 0.529. The summed E-state index contributed by atoms with van der Waals surface area (Å²) in [5.74, 6) is -0.0241. The van der Waals surface area contributed by atoms with Crippen molar-refractivity contribution in [2.45, 2.75) is 57.5 Å². The molecule has 3 rings (SSSR count). The number of urea groups is 1. The van der Waals surface area contributed by atoms with E-state index in [9.17, 15) is 9.59 Å². The molecule has 0 aliphatic heterocycles. The first-order chi connectivity index (χ1) is 10.6. The number of aryl methyl sites for hydroxylation is 1. The van der Waals surface area contributed by atoms with E-state index in [4.69, 9.17) is 0 Å². The molecule has 22 heavy (non-hydrogen) atoms. The van der Waals surface area contributed by atoms with E-state index in [1.807, 2.05) is 13.0 Å². The van der Waals surface area contributed by atoms with Gasteiger partial charge in [0.1, 0.15) is 0 Å². The lowest BCUT2D eigenvalue weighted by molar-refractivity contribution is 0.0938. The maximum absolute atomic E-state index is 12.2. The molecular formula is C17H23N3O2. The van der Waals surface area contributed by atoms with Gasteiger partial charge in [0.25, 0.3) is 5.91 Å². The van der Waals surface area contributed by atoms with E-state index in [2.05, 4.69) is 16.0 Å². The van der Waals surface area contributed by atoms with Crippen LogP contribution in [0.15, 0.2) is 18.2 Å². The Morgan fingerprint density at radius 3 is 2.32 bits per heavy atom. The summed E-state index contributed by atoms with van der Waals surface area (Å²) in [7, 11) is 0. The van der Waals surface area contributed by atoms with Crippen LogP contribution in [-0.2, 0) is 0 Å². The Balaban J connectivity index is 1.60. The van der Waals surface area contributed by atoms with Crippen molar-refractivity contribution in [3.63, 3.8) is 0 Å². The number of amides is 3. The number of nitrogens with one attached hydrogen (secondary N) is 3. The number of carbonyl (C=O) groups excluding carboxylic acids is 2. The summed E-state index contributed by atoms with van der Waals surface area (Å²) in [4.78, 5) is 24.0. The zero-order chi connectivity index (χ0) is 15.5. The number of carbonyl (C=O) groups is 2. The Kier molecular flexibility index (Phi) is 4.32. The molecule has 0 bridgehead atoms. The molecule has 0 saturated heterocycles. The van der Waals surface area contributed by atoms with Gasteiger partial charge in [0.05, 0.1) is 0 Å². The summed E-state index contributed by atoms with van der Waals surface area (Å²) in [6.07, 6.45) is 6.67. The van der Waals surface area contributed by atoms with E-state index in [1.165, 1.54) is 12.8 Å². The van der Waals surface area contributed by atoms with Crippen molar-refractivity contribution in [2.24, 2.45) is 0 Å². The fourth-order valence-corrected chi connectivity index (χ4v) is 2.86. The van der Waals surface area contributed by atoms with E-state index in [1.54, 1.807) is 12.1 Å². The van der Waals surface area contributed by atoms with E-state index in [-0.39, 0.29) is 11.9 Å². The van der Waals surface area contributed by atoms with Crippen LogP contribution in [0.4, 0.5) is 10.5 Å². The maximum atomic E-state index is 12.2. The summed E-state index contributed by atoms with van der Waals surface area (Å²) >= 11 is 0. The minimum atomic E-state index is -0.172. The molecule has 0 heterocycles. The van der Waals surface area contributed by atoms with Gasteiger partial charge in [-0.2, -0.15) is 0 Å². The highest BCUT2D eigenvalue weighted by Crippen LogP contribution is 2.21. The minimum Gasteiger partial charge on any atom is -0.349 e. The number of anilines is 1. The molecule has 118 valence electrons. The summed E-state index contributed by atoms with van der Waals surface area (Å²) in [5.41, 5.74) is 2.29. The molecule has 0 atom stereocenters. The average Bonchev–Trinajstić information content (AvgIpc) is 3.14. The van der Waals surface area contributed by atoms with E-state index in [0.29, 0.717) is 17.6 Å². The normalized spacial score (nSPS) is 18.0. The van der Waals surface area contributed by atoms with Gasteiger partial charge >= 0.3 is 6.03 Å². The lowest BCUT2D eigenvalue weighted by Crippen LogP contribution is -2.33. The topological polar surface area (TPSA) is 70.2 Å². The third-order valence-electron chi connectivity index (χ3n) is 4.34. The van der Waals surface area contributed by atoms with Gasteiger partial charge < -0.3 is 16.0 Å². The second-order valence-corrected chi connectivity index (χ2v) is 6.36. The zero-order valence-electron chi connectivity index (χ0n) is 12.9.